The molecule has 1 heterocycles. The molecule has 38 heavy (non-hydrogen) atoms. The van der Waals surface area contributed by atoms with Crippen molar-refractivity contribution in [2.75, 3.05) is 11.9 Å². The van der Waals surface area contributed by atoms with Crippen molar-refractivity contribution >= 4 is 35.0 Å². The van der Waals surface area contributed by atoms with Gasteiger partial charge in [0.2, 0.25) is 0 Å². The summed E-state index contributed by atoms with van der Waals surface area (Å²) in [6.45, 7) is 8.03. The summed E-state index contributed by atoms with van der Waals surface area (Å²) in [7, 11) is 1.96. The van der Waals surface area contributed by atoms with Gasteiger partial charge in [0.25, 0.3) is 0 Å². The average Bonchev–Trinajstić information content (AvgIpc) is 3.45. The number of likely N-dealkylation sites (N-methyl/N-ethyl adjacent to an activating group) is 1. The van der Waals surface area contributed by atoms with Gasteiger partial charge in [0, 0.05) is 30.4 Å². The van der Waals surface area contributed by atoms with Crippen LogP contribution in [0, 0.1) is 11.6 Å². The third-order valence-electron chi connectivity index (χ3n) is 7.62. The van der Waals surface area contributed by atoms with Gasteiger partial charge in [-0.05, 0) is 78.8 Å². The molecule has 204 valence electrons. The number of thiol groups is 2. The molecule has 3 aliphatic rings. The number of hydrogen-bond acceptors (Lipinski definition) is 5. The van der Waals surface area contributed by atoms with Gasteiger partial charge >= 0.3 is 5.97 Å². The van der Waals surface area contributed by atoms with Crippen molar-refractivity contribution in [3.8, 4) is 0 Å². The summed E-state index contributed by atoms with van der Waals surface area (Å²) in [6, 6.07) is 11.2. The fourth-order valence-electron chi connectivity index (χ4n) is 5.77. The molecular formula is C30H35F2NO3S2. The molecule has 2 unspecified atom stereocenters. The van der Waals surface area contributed by atoms with Crippen LogP contribution in [-0.2, 0) is 22.4 Å². The van der Waals surface area contributed by atoms with Gasteiger partial charge in [-0.3, -0.25) is 4.79 Å². The molecule has 2 aromatic rings. The number of hydrogen-bond donors (Lipinski definition) is 3. The van der Waals surface area contributed by atoms with Gasteiger partial charge in [0.15, 0.2) is 0 Å². The zero-order valence-electron chi connectivity index (χ0n) is 22.0. The van der Waals surface area contributed by atoms with E-state index in [-0.39, 0.29) is 29.0 Å². The molecule has 4 nitrogen and oxygen atoms in total. The minimum absolute atomic E-state index is 0.258. The van der Waals surface area contributed by atoms with Gasteiger partial charge in [0.1, 0.15) is 22.8 Å². The number of aryl methyl sites for hydroxylation is 1. The van der Waals surface area contributed by atoms with Crippen LogP contribution in [0.4, 0.5) is 14.5 Å². The van der Waals surface area contributed by atoms with Crippen molar-refractivity contribution in [2.45, 2.75) is 63.6 Å². The second-order valence-corrected chi connectivity index (χ2v) is 9.37. The van der Waals surface area contributed by atoms with Crippen LogP contribution in [0.2, 0.25) is 0 Å². The van der Waals surface area contributed by atoms with E-state index in [0.717, 1.165) is 35.4 Å². The van der Waals surface area contributed by atoms with Gasteiger partial charge in [-0.1, -0.05) is 38.6 Å². The lowest BCUT2D eigenvalue weighted by Crippen LogP contribution is -2.28. The molecule has 8 heteroatoms. The molecule has 2 atom stereocenters. The molecule has 0 bridgehead atoms. The smallest absolute Gasteiger partial charge is 0.307 e. The Balaban J connectivity index is 0.000000956. The van der Waals surface area contributed by atoms with Gasteiger partial charge < -0.3 is 14.7 Å². The van der Waals surface area contributed by atoms with Crippen molar-refractivity contribution in [3.63, 3.8) is 0 Å². The summed E-state index contributed by atoms with van der Waals surface area (Å²) in [4.78, 5) is 13.3. The molecule has 1 aliphatic heterocycles. The SMILES string of the molecule is C=CC1=C(N(C)c2ccc(F)cc2)C=C2CCC3(CCc4cccc(F)c4CC(=O)O)OC23C1.CC.SS. The standard InChI is InChI=1S/C28H27F2NO3.C2H6.H2S2/c1-3-18-17-28-20(15-25(18)31(2)22-9-7-21(29)8-10-22)12-14-27(28,34-28)13-11-19-5-4-6-24(30)23(19)16-26(32)33;2*1-2/h3-10,15H,1,11-14,16-17H2,2H3,(H,32,33);1-2H3;1-2H. The maximum atomic E-state index is 14.3. The van der Waals surface area contributed by atoms with Crippen LogP contribution in [0.15, 0.2) is 78.0 Å². The number of ether oxygens (including phenoxy) is 1. The van der Waals surface area contributed by atoms with E-state index in [2.05, 4.69) is 36.0 Å². The van der Waals surface area contributed by atoms with Crippen molar-refractivity contribution < 1.29 is 23.4 Å². The van der Waals surface area contributed by atoms with Crippen LogP contribution >= 0.6 is 23.3 Å². The predicted octanol–water partition coefficient (Wildman–Crippen LogP) is 7.52. The molecule has 0 aromatic heterocycles. The quantitative estimate of drug-likeness (QED) is 0.178. The number of halogens is 2. The summed E-state index contributed by atoms with van der Waals surface area (Å²) in [6.07, 6.45) is 7.47. The van der Waals surface area contributed by atoms with Crippen LogP contribution in [0.3, 0.4) is 0 Å². The summed E-state index contributed by atoms with van der Waals surface area (Å²) in [5, 5.41) is 9.19. The van der Waals surface area contributed by atoms with Crippen molar-refractivity contribution in [1.29, 1.82) is 0 Å². The van der Waals surface area contributed by atoms with E-state index in [0.29, 0.717) is 19.3 Å². The Bertz CT molecular complexity index is 1240. The third-order valence-corrected chi connectivity index (χ3v) is 7.62. The Morgan fingerprint density at radius 3 is 2.50 bits per heavy atom. The second-order valence-electron chi connectivity index (χ2n) is 9.37. The van der Waals surface area contributed by atoms with Gasteiger partial charge in [0.05, 0.1) is 6.42 Å². The number of anilines is 1. The summed E-state index contributed by atoms with van der Waals surface area (Å²) >= 11 is 6.44. The fraction of sp³-hybridized carbons (Fsp3) is 0.367. The van der Waals surface area contributed by atoms with E-state index in [1.54, 1.807) is 18.2 Å². The zero-order chi connectivity index (χ0) is 28.1. The number of carbonyl (C=O) groups is 1. The van der Waals surface area contributed by atoms with Gasteiger partial charge in [-0.25, -0.2) is 8.78 Å². The number of allylic oxidation sites excluding steroid dienone is 2. The first-order valence-electron chi connectivity index (χ1n) is 12.7. The minimum Gasteiger partial charge on any atom is -0.481 e. The Morgan fingerprint density at radius 2 is 1.87 bits per heavy atom. The maximum absolute atomic E-state index is 14.3. The molecule has 2 aliphatic carbocycles. The molecule has 0 radical (unpaired) electrons. The molecule has 2 aromatic carbocycles. The van der Waals surface area contributed by atoms with E-state index in [1.165, 1.54) is 23.8 Å². The zero-order valence-corrected chi connectivity index (χ0v) is 23.8. The van der Waals surface area contributed by atoms with Crippen LogP contribution < -0.4 is 4.90 Å². The number of benzene rings is 2. The molecule has 1 spiro atoms. The largest absolute Gasteiger partial charge is 0.481 e. The van der Waals surface area contributed by atoms with Crippen molar-refractivity contribution in [2.24, 2.45) is 0 Å². The lowest BCUT2D eigenvalue weighted by Gasteiger charge is -2.29. The topological polar surface area (TPSA) is 53.1 Å². The number of rotatable bonds is 8. The van der Waals surface area contributed by atoms with Crippen LogP contribution in [0.1, 0.15) is 50.7 Å². The lowest BCUT2D eigenvalue weighted by molar-refractivity contribution is -0.136. The van der Waals surface area contributed by atoms with E-state index in [9.17, 15) is 18.7 Å². The van der Waals surface area contributed by atoms with Crippen LogP contribution in [0.5, 0.6) is 0 Å². The van der Waals surface area contributed by atoms with E-state index >= 15 is 0 Å². The number of nitrogens with zero attached hydrogens (tertiary/aromatic N) is 1. The monoisotopic (exact) mass is 559 g/mol. The maximum Gasteiger partial charge on any atom is 0.307 e. The molecule has 0 amide bonds. The Kier molecular flexibility index (Phi) is 9.90. The first-order chi connectivity index (χ1) is 18.3. The first-order valence-corrected chi connectivity index (χ1v) is 14.3. The highest BCUT2D eigenvalue weighted by atomic mass is 33.1. The second kappa shape index (κ2) is 12.5. The number of aliphatic carboxylic acids is 1. The summed E-state index contributed by atoms with van der Waals surface area (Å²) in [5.41, 5.74) is 4.53. The highest BCUT2D eigenvalue weighted by molar-refractivity contribution is 8.59. The Hall–Kier alpha value is -2.55. The van der Waals surface area contributed by atoms with Crippen LogP contribution in [0.25, 0.3) is 0 Å². The highest BCUT2D eigenvalue weighted by Crippen LogP contribution is 2.68. The fourth-order valence-corrected chi connectivity index (χ4v) is 5.77. The van der Waals surface area contributed by atoms with Crippen LogP contribution in [-0.4, -0.2) is 29.3 Å². The molecule has 1 saturated carbocycles. The molecule has 1 N–H and O–H groups in total. The number of epoxide rings is 1. The average molecular weight is 560 g/mol. The normalized spacial score (nSPS) is 22.6. The predicted molar refractivity (Wildman–Crippen MR) is 156 cm³/mol. The van der Waals surface area contributed by atoms with Gasteiger partial charge in [-0.15, -0.1) is 23.3 Å². The molecular weight excluding hydrogens is 524 g/mol. The lowest BCUT2D eigenvalue weighted by atomic mass is 9.80. The van der Waals surface area contributed by atoms with E-state index in [4.69, 9.17) is 4.74 Å². The van der Waals surface area contributed by atoms with Gasteiger partial charge in [-0.2, -0.15) is 0 Å². The Labute approximate surface area is 234 Å². The summed E-state index contributed by atoms with van der Waals surface area (Å²) in [5.74, 6) is -1.78. The number of carboxylic acids is 1. The molecule has 2 fully saturated rings. The number of carboxylic acid groups (broad SMARTS) is 1. The van der Waals surface area contributed by atoms with E-state index < -0.39 is 11.8 Å². The first kappa shape index (κ1) is 30.0. The third kappa shape index (κ3) is 5.58. The summed E-state index contributed by atoms with van der Waals surface area (Å²) < 4.78 is 34.2. The molecule has 1 saturated heterocycles. The van der Waals surface area contributed by atoms with Crippen molar-refractivity contribution in [3.05, 3.63) is 101 Å². The Morgan fingerprint density at radius 1 is 1.18 bits per heavy atom. The molecule has 5 rings (SSSR count). The van der Waals surface area contributed by atoms with Crippen molar-refractivity contribution in [1.82, 2.24) is 0 Å². The highest BCUT2D eigenvalue weighted by Gasteiger charge is 2.74. The minimum atomic E-state index is -1.04. The van der Waals surface area contributed by atoms with E-state index in [1.807, 2.05) is 37.9 Å².